The van der Waals surface area contributed by atoms with E-state index in [1.165, 1.54) is 0 Å². The van der Waals surface area contributed by atoms with Gasteiger partial charge in [0.15, 0.2) is 6.10 Å². The molecule has 1 atom stereocenters. The number of hydrogen-bond acceptors (Lipinski definition) is 3. The van der Waals surface area contributed by atoms with Gasteiger partial charge in [-0.05, 0) is 0 Å². The van der Waals surface area contributed by atoms with E-state index < -0.39 is 24.5 Å². The van der Waals surface area contributed by atoms with E-state index in [1.807, 2.05) is 0 Å². The van der Waals surface area contributed by atoms with E-state index >= 15 is 0 Å². The molecule has 11 heavy (non-hydrogen) atoms. The minimum atomic E-state index is -1.79. The largest absolute Gasteiger partial charge is 0.481 e. The third kappa shape index (κ3) is 9.77. The molecule has 5 nitrogen and oxygen atoms in total. The Morgan fingerprint density at radius 3 is 1.73 bits per heavy atom. The summed E-state index contributed by atoms with van der Waals surface area (Å²) in [6, 6.07) is 0. The fraction of sp³-hybridized carbons (Fsp3) is 0.500. The summed E-state index contributed by atoms with van der Waals surface area (Å²) in [6.07, 6.45) is -2.54. The second kappa shape index (κ2) is 7.87. The van der Waals surface area contributed by atoms with Crippen molar-refractivity contribution < 1.29 is 42.0 Å². The summed E-state index contributed by atoms with van der Waals surface area (Å²) in [5.41, 5.74) is 0. The van der Waals surface area contributed by atoms with Gasteiger partial charge in [0.2, 0.25) is 0 Å². The van der Waals surface area contributed by atoms with E-state index in [0.717, 1.165) is 0 Å². The quantitative estimate of drug-likeness (QED) is 0.535. The number of aliphatic hydroxyl groups excluding tert-OH is 1. The molecule has 0 aromatic heterocycles. The fourth-order valence-corrected chi connectivity index (χ4v) is 0.253. The molecule has 0 saturated carbocycles. The van der Waals surface area contributed by atoms with Gasteiger partial charge in [-0.3, -0.25) is 4.79 Å². The van der Waals surface area contributed by atoms with E-state index in [0.29, 0.717) is 0 Å². The summed E-state index contributed by atoms with van der Waals surface area (Å²) in [5.74, 6) is -2.85. The van der Waals surface area contributed by atoms with Gasteiger partial charge in [0.1, 0.15) is 0 Å². The summed E-state index contributed by atoms with van der Waals surface area (Å²) in [6.45, 7) is 0. The van der Waals surface area contributed by atoms with Crippen molar-refractivity contribution in [3.63, 3.8) is 0 Å². The number of carboxylic acid groups (broad SMARTS) is 2. The van der Waals surface area contributed by atoms with Crippen LogP contribution in [0.4, 0.5) is 0 Å². The predicted octanol–water partition coefficient (Wildman–Crippen LogP) is -0.983. The van der Waals surface area contributed by atoms with Crippen LogP contribution in [0.25, 0.3) is 0 Å². The Labute approximate surface area is 80.3 Å². The van der Waals surface area contributed by atoms with Crippen LogP contribution in [-0.4, -0.2) is 33.4 Å². The van der Waals surface area contributed by atoms with E-state index in [1.54, 1.807) is 0 Å². The van der Waals surface area contributed by atoms with E-state index in [4.69, 9.17) is 15.3 Å². The van der Waals surface area contributed by atoms with Gasteiger partial charge in [0.05, 0.1) is 6.42 Å². The first-order valence-corrected chi connectivity index (χ1v) is 2.16. The van der Waals surface area contributed by atoms with Gasteiger partial charge in [-0.25, -0.2) is 4.79 Å². The molecular formula is C4H8FeO5S. The first-order valence-electron chi connectivity index (χ1n) is 2.16. The fourth-order valence-electron chi connectivity index (χ4n) is 0.253. The molecule has 7 heteroatoms. The van der Waals surface area contributed by atoms with Gasteiger partial charge in [-0.15, -0.1) is 0 Å². The molecule has 0 aliphatic rings. The van der Waals surface area contributed by atoms with Crippen LogP contribution in [0.15, 0.2) is 0 Å². The molecule has 0 aromatic carbocycles. The Kier molecular flexibility index (Phi) is 12.2. The molecule has 0 saturated heterocycles. The molecular weight excluding hydrogens is 216 g/mol. The van der Waals surface area contributed by atoms with Crippen LogP contribution < -0.4 is 0 Å². The molecule has 0 heterocycles. The Hall–Kier alpha value is -0.231. The topological polar surface area (TPSA) is 94.8 Å². The maximum atomic E-state index is 9.72. The maximum absolute atomic E-state index is 9.72. The van der Waals surface area contributed by atoms with Crippen LogP contribution in [0.3, 0.4) is 0 Å². The zero-order valence-electron chi connectivity index (χ0n) is 5.30. The average molecular weight is 224 g/mol. The van der Waals surface area contributed by atoms with Crippen LogP contribution >= 0.6 is 13.5 Å². The van der Waals surface area contributed by atoms with Crippen LogP contribution in [0.1, 0.15) is 6.42 Å². The molecule has 0 amide bonds. The first-order chi connectivity index (χ1) is 4.04. The minimum absolute atomic E-state index is 0. The Balaban J connectivity index is -0.000000320. The maximum Gasteiger partial charge on any atom is 0.333 e. The minimum Gasteiger partial charge on any atom is -0.481 e. The number of rotatable bonds is 3. The second-order valence-electron chi connectivity index (χ2n) is 1.45. The predicted molar refractivity (Wildman–Crippen MR) is 36.3 cm³/mol. The first kappa shape index (κ1) is 17.0. The molecule has 0 radical (unpaired) electrons. The third-order valence-electron chi connectivity index (χ3n) is 0.653. The standard InChI is InChI=1S/C4H6O5.Fe.H2S/c5-2(4(8)9)1-3(6)7;;/h2,5H,1H2,(H,6,7)(H,8,9);;1H2. The van der Waals surface area contributed by atoms with Gasteiger partial charge in [0.25, 0.3) is 0 Å². The number of aliphatic hydroxyl groups is 1. The monoisotopic (exact) mass is 224 g/mol. The normalized spacial score (nSPS) is 10.3. The Morgan fingerprint density at radius 1 is 1.27 bits per heavy atom. The van der Waals surface area contributed by atoms with Crippen molar-refractivity contribution in [1.82, 2.24) is 0 Å². The molecule has 0 fully saturated rings. The van der Waals surface area contributed by atoms with Gasteiger partial charge in [0, 0.05) is 17.1 Å². The zero-order chi connectivity index (χ0) is 7.44. The van der Waals surface area contributed by atoms with E-state index in [-0.39, 0.29) is 30.6 Å². The number of aliphatic carboxylic acids is 2. The molecule has 1 unspecified atom stereocenters. The van der Waals surface area contributed by atoms with Crippen LogP contribution in [0, 0.1) is 0 Å². The third-order valence-corrected chi connectivity index (χ3v) is 0.653. The molecule has 0 bridgehead atoms. The number of carboxylic acids is 2. The van der Waals surface area contributed by atoms with Crippen molar-refractivity contribution in [3.8, 4) is 0 Å². The summed E-state index contributed by atoms with van der Waals surface area (Å²) in [5, 5.41) is 24.1. The molecule has 0 aliphatic carbocycles. The Bertz CT molecular complexity index is 138. The van der Waals surface area contributed by atoms with Crippen LogP contribution in [-0.2, 0) is 26.7 Å². The van der Waals surface area contributed by atoms with Crippen molar-refractivity contribution in [2.75, 3.05) is 0 Å². The van der Waals surface area contributed by atoms with Gasteiger partial charge >= 0.3 is 11.9 Å². The molecule has 0 rings (SSSR count). The number of carbonyl (C=O) groups is 2. The van der Waals surface area contributed by atoms with Crippen molar-refractivity contribution in [2.24, 2.45) is 0 Å². The Morgan fingerprint density at radius 2 is 1.64 bits per heavy atom. The molecule has 0 spiro atoms. The summed E-state index contributed by atoms with van der Waals surface area (Å²) >= 11 is 0. The SMILES string of the molecule is O=C(O)CC(O)C(=O)O.S.[Fe]. The number of hydrogen-bond donors (Lipinski definition) is 3. The van der Waals surface area contributed by atoms with Crippen LogP contribution in [0.2, 0.25) is 0 Å². The van der Waals surface area contributed by atoms with Crippen molar-refractivity contribution in [2.45, 2.75) is 12.5 Å². The zero-order valence-corrected chi connectivity index (χ0v) is 7.40. The van der Waals surface area contributed by atoms with E-state index in [9.17, 15) is 9.59 Å². The molecule has 3 N–H and O–H groups in total. The molecule has 68 valence electrons. The van der Waals surface area contributed by atoms with E-state index in [2.05, 4.69) is 0 Å². The average Bonchev–Trinajstić information content (AvgIpc) is 1.63. The van der Waals surface area contributed by atoms with Gasteiger partial charge in [-0.1, -0.05) is 0 Å². The summed E-state index contributed by atoms with van der Waals surface area (Å²) < 4.78 is 0. The smallest absolute Gasteiger partial charge is 0.333 e. The second-order valence-corrected chi connectivity index (χ2v) is 1.45. The van der Waals surface area contributed by atoms with Gasteiger partial charge < -0.3 is 15.3 Å². The van der Waals surface area contributed by atoms with Crippen molar-refractivity contribution in [1.29, 1.82) is 0 Å². The van der Waals surface area contributed by atoms with Crippen molar-refractivity contribution in [3.05, 3.63) is 0 Å². The molecule has 0 aromatic rings. The van der Waals surface area contributed by atoms with Gasteiger partial charge in [-0.2, -0.15) is 13.5 Å². The summed E-state index contributed by atoms with van der Waals surface area (Å²) in [4.78, 5) is 19.4. The van der Waals surface area contributed by atoms with Crippen molar-refractivity contribution >= 4 is 25.4 Å². The molecule has 0 aliphatic heterocycles. The van der Waals surface area contributed by atoms with Crippen LogP contribution in [0.5, 0.6) is 0 Å². The summed E-state index contributed by atoms with van der Waals surface area (Å²) in [7, 11) is 0.